The van der Waals surface area contributed by atoms with Gasteiger partial charge in [0.2, 0.25) is 0 Å². The molecule has 2 atom stereocenters. The molecule has 0 spiro atoms. The molecule has 0 bridgehead atoms. The lowest BCUT2D eigenvalue weighted by atomic mass is 10.3. The number of terminal acetylenes is 1. The third kappa shape index (κ3) is 2.36. The molecule has 0 amide bonds. The third-order valence-corrected chi connectivity index (χ3v) is 1.89. The van der Waals surface area contributed by atoms with Gasteiger partial charge < -0.3 is 9.47 Å². The first-order chi connectivity index (χ1) is 6.70. The summed E-state index contributed by atoms with van der Waals surface area (Å²) in [5.41, 5.74) is 0. The fourth-order valence-electron chi connectivity index (χ4n) is 1.11. The molecule has 74 valence electrons. The number of carbonyl (C=O) groups is 2. The summed E-state index contributed by atoms with van der Waals surface area (Å²) in [6.45, 7) is 3.19. The molecule has 0 radical (unpaired) electrons. The largest absolute Gasteiger partial charge is 0.452 e. The zero-order valence-corrected chi connectivity index (χ0v) is 7.56. The van der Waals surface area contributed by atoms with Gasteiger partial charge in [0.05, 0.1) is 18.1 Å². The Balaban J connectivity index is 2.31. The van der Waals surface area contributed by atoms with Crippen molar-refractivity contribution in [3.63, 3.8) is 0 Å². The van der Waals surface area contributed by atoms with Crippen LogP contribution in [0.4, 0.5) is 0 Å². The number of hydrogen-bond donors (Lipinski definition) is 0. The van der Waals surface area contributed by atoms with Crippen molar-refractivity contribution >= 4 is 11.9 Å². The van der Waals surface area contributed by atoms with Crippen molar-refractivity contribution in [3.05, 3.63) is 12.8 Å². The van der Waals surface area contributed by atoms with Gasteiger partial charge in [0.1, 0.15) is 0 Å². The van der Waals surface area contributed by atoms with Crippen LogP contribution in [0.2, 0.25) is 0 Å². The predicted octanol–water partition coefficient (Wildman–Crippen LogP) is 0.486. The summed E-state index contributed by atoms with van der Waals surface area (Å²) < 4.78 is 9.19. The highest BCUT2D eigenvalue weighted by molar-refractivity contribution is 5.87. The first-order valence-electron chi connectivity index (χ1n) is 4.12. The Bertz CT molecular complexity index is 300. The summed E-state index contributed by atoms with van der Waals surface area (Å²) in [6.07, 6.45) is 6.42. The van der Waals surface area contributed by atoms with Crippen molar-refractivity contribution < 1.29 is 19.1 Å². The highest BCUT2D eigenvalue weighted by atomic mass is 16.5. The normalized spacial score (nSPS) is 23.1. The van der Waals surface area contributed by atoms with Gasteiger partial charge in [0, 0.05) is 0 Å². The Morgan fingerprint density at radius 1 is 1.50 bits per heavy atom. The second-order valence-corrected chi connectivity index (χ2v) is 2.86. The van der Waals surface area contributed by atoms with E-state index in [0.29, 0.717) is 6.42 Å². The minimum atomic E-state index is -0.442. The molecule has 1 rings (SSSR count). The van der Waals surface area contributed by atoms with Crippen molar-refractivity contribution in [1.82, 2.24) is 0 Å². The Kier molecular flexibility index (Phi) is 3.29. The monoisotopic (exact) mass is 194 g/mol. The van der Waals surface area contributed by atoms with Crippen molar-refractivity contribution in [2.24, 2.45) is 11.8 Å². The molecule has 14 heavy (non-hydrogen) atoms. The number of carbonyl (C=O) groups excluding carboxylic acids is 2. The van der Waals surface area contributed by atoms with Crippen LogP contribution in [0.15, 0.2) is 12.8 Å². The fourth-order valence-corrected chi connectivity index (χ4v) is 1.11. The zero-order valence-electron chi connectivity index (χ0n) is 7.56. The molecule has 0 saturated heterocycles. The average Bonchev–Trinajstić information content (AvgIpc) is 2.94. The molecule has 0 heterocycles. The van der Waals surface area contributed by atoms with Gasteiger partial charge in [-0.25, -0.2) is 0 Å². The maximum Gasteiger partial charge on any atom is 0.314 e. The summed E-state index contributed by atoms with van der Waals surface area (Å²) in [5.74, 6) is 0.514. The topological polar surface area (TPSA) is 52.6 Å². The van der Waals surface area contributed by atoms with Crippen LogP contribution >= 0.6 is 0 Å². The predicted molar refractivity (Wildman–Crippen MR) is 47.7 cm³/mol. The van der Waals surface area contributed by atoms with Crippen molar-refractivity contribution in [2.45, 2.75) is 6.42 Å². The average molecular weight is 194 g/mol. The lowest BCUT2D eigenvalue weighted by Crippen LogP contribution is -2.12. The van der Waals surface area contributed by atoms with E-state index in [1.807, 2.05) is 0 Å². The van der Waals surface area contributed by atoms with Gasteiger partial charge in [0.25, 0.3) is 0 Å². The minimum absolute atomic E-state index is 0.0570. The number of esters is 2. The quantitative estimate of drug-likeness (QED) is 0.371. The molecule has 0 aromatic carbocycles. The first kappa shape index (κ1) is 10.3. The van der Waals surface area contributed by atoms with Gasteiger partial charge >= 0.3 is 11.9 Å². The molecule has 4 heteroatoms. The smallest absolute Gasteiger partial charge is 0.314 e. The summed E-state index contributed by atoms with van der Waals surface area (Å²) in [6, 6.07) is 0. The van der Waals surface area contributed by atoms with Crippen LogP contribution in [0.3, 0.4) is 0 Å². The van der Waals surface area contributed by atoms with Crippen LogP contribution in [0.5, 0.6) is 0 Å². The van der Waals surface area contributed by atoms with Gasteiger partial charge in [-0.2, -0.15) is 0 Å². The SMILES string of the molecule is C#CCOC(=O)C1CC1C(=O)OC=C. The molecular formula is C10H10O4. The van der Waals surface area contributed by atoms with Crippen LogP contribution in [-0.2, 0) is 19.1 Å². The van der Waals surface area contributed by atoms with Gasteiger partial charge in [-0.3, -0.25) is 9.59 Å². The van der Waals surface area contributed by atoms with Crippen molar-refractivity contribution in [2.75, 3.05) is 6.61 Å². The molecular weight excluding hydrogens is 184 g/mol. The van der Waals surface area contributed by atoms with Gasteiger partial charge in [-0.15, -0.1) is 6.42 Å². The van der Waals surface area contributed by atoms with Gasteiger partial charge in [-0.05, 0) is 6.42 Å². The Morgan fingerprint density at radius 2 is 2.14 bits per heavy atom. The van der Waals surface area contributed by atoms with Crippen LogP contribution < -0.4 is 0 Å². The van der Waals surface area contributed by atoms with Crippen molar-refractivity contribution in [3.8, 4) is 12.3 Å². The molecule has 0 aromatic heterocycles. The Morgan fingerprint density at radius 3 is 2.71 bits per heavy atom. The molecule has 1 saturated carbocycles. The summed E-state index contributed by atoms with van der Waals surface area (Å²) >= 11 is 0. The van der Waals surface area contributed by atoms with Gasteiger partial charge in [0.15, 0.2) is 6.61 Å². The van der Waals surface area contributed by atoms with E-state index in [0.717, 1.165) is 6.26 Å². The Hall–Kier alpha value is -1.76. The van der Waals surface area contributed by atoms with Gasteiger partial charge in [-0.1, -0.05) is 12.5 Å². The summed E-state index contributed by atoms with van der Waals surface area (Å²) in [7, 11) is 0. The van der Waals surface area contributed by atoms with E-state index < -0.39 is 23.8 Å². The molecule has 0 aromatic rings. The number of ether oxygens (including phenoxy) is 2. The van der Waals surface area contributed by atoms with E-state index in [1.165, 1.54) is 0 Å². The molecule has 2 unspecified atom stereocenters. The highest BCUT2D eigenvalue weighted by Gasteiger charge is 2.50. The first-order valence-corrected chi connectivity index (χ1v) is 4.12. The van der Waals surface area contributed by atoms with Crippen LogP contribution in [0.1, 0.15) is 6.42 Å². The van der Waals surface area contributed by atoms with Crippen molar-refractivity contribution in [1.29, 1.82) is 0 Å². The van der Waals surface area contributed by atoms with Crippen LogP contribution in [-0.4, -0.2) is 18.5 Å². The summed E-state index contributed by atoms with van der Waals surface area (Å²) in [4.78, 5) is 22.2. The molecule has 4 nitrogen and oxygen atoms in total. The fraction of sp³-hybridized carbons (Fsp3) is 0.400. The number of rotatable bonds is 4. The third-order valence-electron chi connectivity index (χ3n) is 1.89. The van der Waals surface area contributed by atoms with E-state index in [2.05, 4.69) is 22.0 Å². The molecule has 0 N–H and O–H groups in total. The molecule has 1 aliphatic carbocycles. The lowest BCUT2D eigenvalue weighted by molar-refractivity contribution is -0.148. The minimum Gasteiger partial charge on any atom is -0.452 e. The highest BCUT2D eigenvalue weighted by Crippen LogP contribution is 2.40. The van der Waals surface area contributed by atoms with E-state index >= 15 is 0 Å². The maximum atomic E-state index is 11.1. The standard InChI is InChI=1S/C10H10O4/c1-3-5-14-10(12)8-6-7(8)9(11)13-4-2/h1,4,7-8H,2,5-6H2. The molecule has 1 fully saturated rings. The zero-order chi connectivity index (χ0) is 10.6. The second kappa shape index (κ2) is 4.47. The van der Waals surface area contributed by atoms with Crippen LogP contribution in [0.25, 0.3) is 0 Å². The Labute approximate surface area is 81.9 Å². The van der Waals surface area contributed by atoms with Crippen LogP contribution in [0, 0.1) is 24.2 Å². The second-order valence-electron chi connectivity index (χ2n) is 2.86. The van der Waals surface area contributed by atoms with E-state index in [1.54, 1.807) is 0 Å². The van der Waals surface area contributed by atoms with E-state index in [4.69, 9.17) is 6.42 Å². The van der Waals surface area contributed by atoms with E-state index in [-0.39, 0.29) is 6.61 Å². The lowest BCUT2D eigenvalue weighted by Gasteiger charge is -1.99. The maximum absolute atomic E-state index is 11.1. The number of hydrogen-bond acceptors (Lipinski definition) is 4. The van der Waals surface area contributed by atoms with E-state index in [9.17, 15) is 9.59 Å². The molecule has 1 aliphatic rings. The summed E-state index contributed by atoms with van der Waals surface area (Å²) in [5, 5.41) is 0. The molecule has 0 aliphatic heterocycles.